The van der Waals surface area contributed by atoms with E-state index < -0.39 is 0 Å². The van der Waals surface area contributed by atoms with Crippen molar-refractivity contribution in [2.75, 3.05) is 11.1 Å². The van der Waals surface area contributed by atoms with Gasteiger partial charge in [0.2, 0.25) is 11.8 Å². The first kappa shape index (κ1) is 17.5. The molecule has 2 aromatic carbocycles. The number of fused-ring (bicyclic) bond motifs is 1. The van der Waals surface area contributed by atoms with Gasteiger partial charge < -0.3 is 9.73 Å². The number of nitrogens with one attached hydrogen (secondary N) is 1. The second-order valence-corrected chi connectivity index (χ2v) is 7.39. The van der Waals surface area contributed by atoms with Gasteiger partial charge in [-0.05, 0) is 49.7 Å². The summed E-state index contributed by atoms with van der Waals surface area (Å²) in [5.74, 6) is 0.283. The minimum atomic E-state index is -0.242. The normalized spacial score (nSPS) is 15.5. The van der Waals surface area contributed by atoms with E-state index in [1.807, 2.05) is 38.1 Å². The smallest absolute Gasteiger partial charge is 0.277 e. The minimum Gasteiger partial charge on any atom is -0.411 e. The zero-order valence-electron chi connectivity index (χ0n) is 14.9. The Morgan fingerprint density at radius 1 is 1.22 bits per heavy atom. The number of amides is 1. The van der Waals surface area contributed by atoms with Crippen LogP contribution in [0.2, 0.25) is 0 Å². The summed E-state index contributed by atoms with van der Waals surface area (Å²) in [6.45, 7) is 3.82. The number of ketones is 1. The van der Waals surface area contributed by atoms with Crippen molar-refractivity contribution in [2.24, 2.45) is 0 Å². The van der Waals surface area contributed by atoms with Crippen LogP contribution >= 0.6 is 11.8 Å². The highest BCUT2D eigenvalue weighted by molar-refractivity contribution is 7.99. The molecule has 6 nitrogen and oxygen atoms in total. The summed E-state index contributed by atoms with van der Waals surface area (Å²) in [6.07, 6.45) is 0. The number of carbonyl (C=O) groups is 2. The Kier molecular flexibility index (Phi) is 4.53. The second-order valence-electron chi connectivity index (χ2n) is 6.47. The number of rotatable bonds is 5. The van der Waals surface area contributed by atoms with Crippen LogP contribution in [0.5, 0.6) is 0 Å². The molecule has 27 heavy (non-hydrogen) atoms. The number of thioether (sulfide) groups is 1. The lowest BCUT2D eigenvalue weighted by molar-refractivity contribution is -0.116. The van der Waals surface area contributed by atoms with E-state index >= 15 is 0 Å². The van der Waals surface area contributed by atoms with Crippen LogP contribution in [0, 0.1) is 6.92 Å². The average Bonchev–Trinajstić information content (AvgIpc) is 3.25. The summed E-state index contributed by atoms with van der Waals surface area (Å²) < 4.78 is 5.65. The van der Waals surface area contributed by atoms with E-state index in [9.17, 15) is 9.59 Å². The van der Waals surface area contributed by atoms with Gasteiger partial charge in [-0.2, -0.15) is 0 Å². The van der Waals surface area contributed by atoms with Gasteiger partial charge in [-0.25, -0.2) is 0 Å². The van der Waals surface area contributed by atoms with Gasteiger partial charge in [-0.1, -0.05) is 29.5 Å². The molecule has 1 N–H and O–H groups in total. The van der Waals surface area contributed by atoms with Crippen molar-refractivity contribution in [1.29, 1.82) is 0 Å². The molecule has 0 spiro atoms. The van der Waals surface area contributed by atoms with Crippen molar-refractivity contribution in [1.82, 2.24) is 10.2 Å². The van der Waals surface area contributed by atoms with E-state index in [-0.39, 0.29) is 23.4 Å². The number of anilines is 1. The molecule has 2 heterocycles. The molecule has 1 amide bonds. The topological polar surface area (TPSA) is 85.1 Å². The lowest BCUT2D eigenvalue weighted by Gasteiger charge is -2.04. The predicted octanol–water partition coefficient (Wildman–Crippen LogP) is 4.08. The number of Topliss-reactive ketones (excluding diaryl/α,β-unsaturated/α-hetero) is 1. The lowest BCUT2D eigenvalue weighted by Crippen LogP contribution is -2.08. The third-order valence-electron chi connectivity index (χ3n) is 4.49. The zero-order valence-corrected chi connectivity index (χ0v) is 15.7. The molecular weight excluding hydrogens is 362 g/mol. The molecule has 0 fully saturated rings. The van der Waals surface area contributed by atoms with E-state index in [4.69, 9.17) is 4.42 Å². The van der Waals surface area contributed by atoms with E-state index in [0.29, 0.717) is 16.7 Å². The first-order valence-corrected chi connectivity index (χ1v) is 9.51. The Bertz CT molecular complexity index is 1040. The summed E-state index contributed by atoms with van der Waals surface area (Å²) in [6, 6.07) is 13.1. The number of hydrogen-bond acceptors (Lipinski definition) is 6. The van der Waals surface area contributed by atoms with Crippen LogP contribution in [-0.4, -0.2) is 27.6 Å². The zero-order chi connectivity index (χ0) is 19.0. The van der Waals surface area contributed by atoms with Gasteiger partial charge in [0.15, 0.2) is 5.78 Å². The molecule has 4 rings (SSSR count). The van der Waals surface area contributed by atoms with Gasteiger partial charge in [-0.3, -0.25) is 9.59 Å². The van der Waals surface area contributed by atoms with Crippen LogP contribution in [-0.2, 0) is 4.79 Å². The van der Waals surface area contributed by atoms with Gasteiger partial charge >= 0.3 is 0 Å². The maximum atomic E-state index is 12.5. The highest BCUT2D eigenvalue weighted by Crippen LogP contribution is 2.33. The van der Waals surface area contributed by atoms with Gasteiger partial charge in [0, 0.05) is 16.8 Å². The molecule has 3 aromatic rings. The maximum Gasteiger partial charge on any atom is 0.277 e. The Morgan fingerprint density at radius 2 is 2.07 bits per heavy atom. The van der Waals surface area contributed by atoms with Gasteiger partial charge in [0.1, 0.15) is 0 Å². The van der Waals surface area contributed by atoms with Crippen molar-refractivity contribution < 1.29 is 14.0 Å². The molecule has 0 unspecified atom stereocenters. The quantitative estimate of drug-likeness (QED) is 0.531. The summed E-state index contributed by atoms with van der Waals surface area (Å²) >= 11 is 1.21. The predicted molar refractivity (Wildman–Crippen MR) is 103 cm³/mol. The molecule has 1 aliphatic rings. The molecule has 136 valence electrons. The van der Waals surface area contributed by atoms with Crippen molar-refractivity contribution in [3.63, 3.8) is 0 Å². The highest BCUT2D eigenvalue weighted by atomic mass is 32.2. The summed E-state index contributed by atoms with van der Waals surface area (Å²) in [5.41, 5.74) is 4.16. The molecule has 1 aromatic heterocycles. The second kappa shape index (κ2) is 7.00. The monoisotopic (exact) mass is 379 g/mol. The molecule has 0 saturated heterocycles. The summed E-state index contributed by atoms with van der Waals surface area (Å²) in [5, 5.41) is 11.2. The SMILES string of the molecule is Cc1cccc(-c2nnc(SCC(=O)c3ccc4c(c3)[C@H](C)C(=O)N4)o2)c1. The standard InChI is InChI=1S/C20H17N3O3S/c1-11-4-3-5-14(8-11)19-22-23-20(26-19)27-10-17(24)13-6-7-16-15(9-13)12(2)18(25)21-16/h3-9,12H,10H2,1-2H3,(H,21,25)/t12-/m0/s1. The van der Waals surface area contributed by atoms with Crippen LogP contribution in [0.25, 0.3) is 11.5 Å². The number of carbonyl (C=O) groups excluding carboxylic acids is 2. The Labute approximate surface area is 160 Å². The molecule has 1 aliphatic heterocycles. The molecule has 0 aliphatic carbocycles. The Morgan fingerprint density at radius 3 is 2.89 bits per heavy atom. The van der Waals surface area contributed by atoms with E-state index in [1.54, 1.807) is 18.2 Å². The fourth-order valence-electron chi connectivity index (χ4n) is 2.96. The largest absolute Gasteiger partial charge is 0.411 e. The molecular formula is C20H17N3O3S. The van der Waals surface area contributed by atoms with Crippen LogP contribution in [0.1, 0.15) is 34.3 Å². The van der Waals surface area contributed by atoms with Gasteiger partial charge in [0.25, 0.3) is 5.22 Å². The fraction of sp³-hybridized carbons (Fsp3) is 0.200. The fourth-order valence-corrected chi connectivity index (χ4v) is 3.62. The molecule has 0 radical (unpaired) electrons. The summed E-state index contributed by atoms with van der Waals surface area (Å²) in [4.78, 5) is 24.2. The van der Waals surface area contributed by atoms with E-state index in [0.717, 1.165) is 22.4 Å². The molecule has 7 heteroatoms. The Balaban J connectivity index is 1.44. The van der Waals surface area contributed by atoms with Crippen molar-refractivity contribution in [3.8, 4) is 11.5 Å². The Hall–Kier alpha value is -2.93. The number of benzene rings is 2. The van der Waals surface area contributed by atoms with Crippen LogP contribution < -0.4 is 5.32 Å². The number of aromatic nitrogens is 2. The van der Waals surface area contributed by atoms with E-state index in [1.165, 1.54) is 11.8 Å². The van der Waals surface area contributed by atoms with Gasteiger partial charge in [-0.15, -0.1) is 10.2 Å². The van der Waals surface area contributed by atoms with Crippen molar-refractivity contribution in [2.45, 2.75) is 25.0 Å². The first-order chi connectivity index (χ1) is 13.0. The highest BCUT2D eigenvalue weighted by Gasteiger charge is 2.27. The van der Waals surface area contributed by atoms with Crippen LogP contribution in [0.4, 0.5) is 5.69 Å². The number of nitrogens with zero attached hydrogens (tertiary/aromatic N) is 2. The molecule has 0 bridgehead atoms. The lowest BCUT2D eigenvalue weighted by atomic mass is 9.99. The maximum absolute atomic E-state index is 12.5. The van der Waals surface area contributed by atoms with Crippen LogP contribution in [0.15, 0.2) is 52.1 Å². The number of hydrogen-bond donors (Lipinski definition) is 1. The van der Waals surface area contributed by atoms with E-state index in [2.05, 4.69) is 15.5 Å². The van der Waals surface area contributed by atoms with Crippen LogP contribution in [0.3, 0.4) is 0 Å². The first-order valence-electron chi connectivity index (χ1n) is 8.52. The third-order valence-corrected chi connectivity index (χ3v) is 5.31. The average molecular weight is 379 g/mol. The molecule has 1 atom stereocenters. The molecule has 0 saturated carbocycles. The third kappa shape index (κ3) is 3.50. The number of aryl methyl sites for hydroxylation is 1. The van der Waals surface area contributed by atoms with Crippen molar-refractivity contribution in [3.05, 3.63) is 59.2 Å². The minimum absolute atomic E-state index is 0.0430. The van der Waals surface area contributed by atoms with Gasteiger partial charge in [0.05, 0.1) is 11.7 Å². The van der Waals surface area contributed by atoms with Crippen molar-refractivity contribution >= 4 is 29.1 Å². The summed E-state index contributed by atoms with van der Waals surface area (Å²) in [7, 11) is 0.